The lowest BCUT2D eigenvalue weighted by Crippen LogP contribution is -2.58. The highest BCUT2D eigenvalue weighted by Crippen LogP contribution is 2.64. The van der Waals surface area contributed by atoms with E-state index < -0.39 is 10.9 Å². The summed E-state index contributed by atoms with van der Waals surface area (Å²) < 4.78 is 41.8. The maximum absolute atomic E-state index is 13.3. The Morgan fingerprint density at radius 3 is 1.28 bits per heavy atom. The van der Waals surface area contributed by atoms with E-state index in [4.69, 9.17) is 28.4 Å². The molecule has 0 amide bonds. The van der Waals surface area contributed by atoms with Crippen LogP contribution in [0.1, 0.15) is 89.2 Å². The normalized spacial score (nSPS) is 30.6. The quantitative estimate of drug-likeness (QED) is 0.0618. The standard InChI is InChI=1S/C58H58I4O8S/c1-57(38-14-32-12-33(16-38)17-39(57)15-32)69-55(63)30-67-51-26-47(59)36(22-49(51)61)28-65-42-8-10-53-45(24-42)46-25-43(9-11-54(46)71(53)44-6-4-3-5-7-44)66-29-37-23-50(62)52(27-48(37)60)68-31-56(64)70-58(2)40-18-34-13-35(20-40)21-41(58)19-34/h3-11,22-27,32-35,38-41,71H,12-21,28-31H2,1-2H3. The predicted molar refractivity (Wildman–Crippen MR) is 309 cm³/mol. The van der Waals surface area contributed by atoms with Gasteiger partial charge in [-0.05, 0) is 305 Å². The highest BCUT2D eigenvalue weighted by molar-refractivity contribution is 14.1. The Morgan fingerprint density at radius 1 is 0.493 bits per heavy atom. The van der Waals surface area contributed by atoms with Gasteiger partial charge in [-0.2, -0.15) is 10.9 Å². The van der Waals surface area contributed by atoms with E-state index >= 15 is 0 Å². The van der Waals surface area contributed by atoms with Crippen LogP contribution in [-0.2, 0) is 32.3 Å². The van der Waals surface area contributed by atoms with Crippen LogP contribution >= 0.6 is 101 Å². The maximum Gasteiger partial charge on any atom is 0.344 e. The van der Waals surface area contributed by atoms with Crippen LogP contribution in [0.15, 0.2) is 106 Å². The van der Waals surface area contributed by atoms with Crippen LogP contribution in [0.2, 0.25) is 0 Å². The van der Waals surface area contributed by atoms with Gasteiger partial charge in [-0.15, -0.1) is 0 Å². The number of esters is 2. The lowest BCUT2D eigenvalue weighted by atomic mass is 9.50. The van der Waals surface area contributed by atoms with Gasteiger partial charge in [0.05, 0.1) is 7.14 Å². The monoisotopic (exact) mass is 1420 g/mol. The molecule has 0 saturated heterocycles. The fraction of sp³-hybridized carbons (Fsp3) is 0.448. The molecule has 0 aromatic heterocycles. The summed E-state index contributed by atoms with van der Waals surface area (Å²) in [6.07, 6.45) is 12.3. The largest absolute Gasteiger partial charge is 0.489 e. The summed E-state index contributed by atoms with van der Waals surface area (Å²) in [6, 6.07) is 31.9. The molecular formula is C58H58I4O8S. The van der Waals surface area contributed by atoms with Crippen LogP contribution in [0.5, 0.6) is 23.0 Å². The minimum Gasteiger partial charge on any atom is -0.489 e. The summed E-state index contributed by atoms with van der Waals surface area (Å²) in [4.78, 5) is 30.4. The fourth-order valence-corrected chi connectivity index (χ4v) is 19.5. The van der Waals surface area contributed by atoms with Gasteiger partial charge in [0.25, 0.3) is 0 Å². The van der Waals surface area contributed by atoms with Gasteiger partial charge in [-0.1, -0.05) is 18.2 Å². The van der Waals surface area contributed by atoms with E-state index in [1.54, 1.807) is 0 Å². The molecule has 0 N–H and O–H groups in total. The number of hydrogen-bond donors (Lipinski definition) is 1. The van der Waals surface area contributed by atoms with Gasteiger partial charge in [0.1, 0.15) is 47.4 Å². The van der Waals surface area contributed by atoms with Crippen molar-refractivity contribution in [1.82, 2.24) is 0 Å². The van der Waals surface area contributed by atoms with Crippen molar-refractivity contribution < 1.29 is 38.0 Å². The van der Waals surface area contributed by atoms with Crippen molar-refractivity contribution >= 4 is 113 Å². The zero-order chi connectivity index (χ0) is 48.8. The first-order valence-electron chi connectivity index (χ1n) is 25.3. The number of fused-ring (bicyclic) bond motifs is 3. The van der Waals surface area contributed by atoms with Crippen molar-refractivity contribution in [3.63, 3.8) is 0 Å². The Labute approximate surface area is 474 Å². The Hall–Kier alpha value is -2.49. The summed E-state index contributed by atoms with van der Waals surface area (Å²) in [6.45, 7) is 4.93. The smallest absolute Gasteiger partial charge is 0.344 e. The Bertz CT molecular complexity index is 2680. The lowest BCUT2D eigenvalue weighted by Gasteiger charge is -2.59. The second kappa shape index (κ2) is 19.9. The number of ether oxygens (including phenoxy) is 6. The van der Waals surface area contributed by atoms with Gasteiger partial charge in [-0.3, -0.25) is 0 Å². The van der Waals surface area contributed by atoms with Gasteiger partial charge in [-0.25, -0.2) is 9.59 Å². The minimum absolute atomic E-state index is 0.0962. The zero-order valence-corrected chi connectivity index (χ0v) is 49.4. The summed E-state index contributed by atoms with van der Waals surface area (Å²) in [5.74, 6) is 7.56. The third-order valence-electron chi connectivity index (χ3n) is 17.6. The zero-order valence-electron chi connectivity index (χ0n) is 39.9. The lowest BCUT2D eigenvalue weighted by molar-refractivity contribution is -0.205. The minimum atomic E-state index is -0.778. The van der Waals surface area contributed by atoms with Crippen LogP contribution in [-0.4, -0.2) is 36.4 Å². The molecule has 8 nitrogen and oxygen atoms in total. The first kappa shape index (κ1) is 49.4. The molecule has 8 saturated carbocycles. The van der Waals surface area contributed by atoms with Gasteiger partial charge >= 0.3 is 11.9 Å². The molecule has 0 unspecified atom stereocenters. The van der Waals surface area contributed by atoms with Gasteiger partial charge in [0.2, 0.25) is 0 Å². The predicted octanol–water partition coefficient (Wildman–Crippen LogP) is 15.0. The van der Waals surface area contributed by atoms with Crippen LogP contribution in [0.25, 0.3) is 11.1 Å². The molecule has 5 aromatic rings. The van der Waals surface area contributed by atoms with Crippen LogP contribution < -0.4 is 18.9 Å². The van der Waals surface area contributed by atoms with E-state index in [-0.39, 0.29) is 36.4 Å². The number of hydrogen-bond acceptors (Lipinski definition) is 8. The van der Waals surface area contributed by atoms with E-state index in [1.807, 2.05) is 12.1 Å². The summed E-state index contributed by atoms with van der Waals surface area (Å²) in [5.41, 5.74) is 3.66. The molecule has 8 bridgehead atoms. The first-order valence-corrected chi connectivity index (χ1v) is 31.0. The molecule has 9 aliphatic rings. The van der Waals surface area contributed by atoms with E-state index in [9.17, 15) is 9.59 Å². The Kier molecular flexibility index (Phi) is 13.8. The van der Waals surface area contributed by atoms with Gasteiger partial charge in [0, 0.05) is 28.1 Å². The molecule has 1 aliphatic heterocycles. The van der Waals surface area contributed by atoms with E-state index in [1.165, 1.54) is 78.9 Å². The van der Waals surface area contributed by atoms with E-state index in [0.717, 1.165) is 71.7 Å². The molecule has 8 fully saturated rings. The molecule has 8 aliphatic carbocycles. The van der Waals surface area contributed by atoms with Gasteiger partial charge in [0.15, 0.2) is 13.2 Å². The van der Waals surface area contributed by atoms with Crippen molar-refractivity contribution in [3.05, 3.63) is 116 Å². The Balaban J connectivity index is 0.696. The molecule has 14 rings (SSSR count). The molecule has 0 spiro atoms. The molecule has 1 heterocycles. The molecule has 0 atom stereocenters. The van der Waals surface area contributed by atoms with Crippen molar-refractivity contribution in [2.75, 3.05) is 13.2 Å². The topological polar surface area (TPSA) is 89.5 Å². The van der Waals surface area contributed by atoms with Crippen LogP contribution in [0.3, 0.4) is 0 Å². The molecular weight excluding hydrogens is 1360 g/mol. The summed E-state index contributed by atoms with van der Waals surface area (Å²) in [7, 11) is -0.778. The third kappa shape index (κ3) is 9.62. The number of rotatable bonds is 15. The van der Waals surface area contributed by atoms with Gasteiger partial charge < -0.3 is 28.4 Å². The van der Waals surface area contributed by atoms with E-state index in [0.29, 0.717) is 48.4 Å². The van der Waals surface area contributed by atoms with Crippen molar-refractivity contribution in [3.8, 4) is 34.1 Å². The van der Waals surface area contributed by atoms with Crippen molar-refractivity contribution in [2.24, 2.45) is 47.3 Å². The summed E-state index contributed by atoms with van der Waals surface area (Å²) >= 11 is 9.26. The Morgan fingerprint density at radius 2 is 0.887 bits per heavy atom. The fourth-order valence-electron chi connectivity index (χ4n) is 14.3. The summed E-state index contributed by atoms with van der Waals surface area (Å²) in [5, 5.41) is 0. The molecule has 71 heavy (non-hydrogen) atoms. The van der Waals surface area contributed by atoms with E-state index in [2.05, 4.69) is 183 Å². The molecule has 5 aromatic carbocycles. The van der Waals surface area contributed by atoms with Crippen molar-refractivity contribution in [1.29, 1.82) is 0 Å². The number of carbonyl (C=O) groups excluding carboxylic acids is 2. The molecule has 0 radical (unpaired) electrons. The maximum atomic E-state index is 13.3. The second-order valence-electron chi connectivity index (χ2n) is 21.9. The first-order chi connectivity index (χ1) is 34.3. The van der Waals surface area contributed by atoms with Crippen molar-refractivity contribution in [2.45, 2.75) is 117 Å². The molecule has 372 valence electrons. The second-order valence-corrected chi connectivity index (χ2v) is 28.7. The molecule has 13 heteroatoms. The highest BCUT2D eigenvalue weighted by atomic mass is 127. The van der Waals surface area contributed by atoms with Crippen LogP contribution in [0.4, 0.5) is 0 Å². The van der Waals surface area contributed by atoms with Crippen LogP contribution in [0, 0.1) is 61.6 Å². The average Bonchev–Trinajstić information content (AvgIpc) is 3.67. The number of thiol groups is 1. The average molecular weight is 1420 g/mol. The SMILES string of the molecule is CC1(OC(=O)COc2cc(I)c(COc3ccc4c(c3)-c3cc(OCc5cc(I)c(OCC(=O)OC6(C)C7CC8CC(C7)CC6C8)cc5I)ccc3[SH]4c3ccccc3)cc2I)C2CC3CC(C2)CC1C3. The number of benzene rings is 5. The highest BCUT2D eigenvalue weighted by Gasteiger charge is 2.58. The number of halogens is 4. The number of carbonyl (C=O) groups is 2. The third-order valence-corrected chi connectivity index (χ3v) is 23.8.